The molecule has 3 aromatic carbocycles. The first-order chi connectivity index (χ1) is 16.0. The van der Waals surface area contributed by atoms with Gasteiger partial charge in [-0.1, -0.05) is 29.8 Å². The van der Waals surface area contributed by atoms with Gasteiger partial charge in [0, 0.05) is 10.6 Å². The number of hydrogen-bond acceptors (Lipinski definition) is 6. The van der Waals surface area contributed by atoms with Crippen LogP contribution in [0.1, 0.15) is 26.3 Å². The van der Waals surface area contributed by atoms with Gasteiger partial charge in [0.15, 0.2) is 11.5 Å². The molecule has 0 unspecified atom stereocenters. The number of rotatable bonds is 8. The smallest absolute Gasteiger partial charge is 0.343 e. The van der Waals surface area contributed by atoms with Crippen LogP contribution in [0, 0.1) is 0 Å². The number of carbonyl (C=O) groups excluding carboxylic acids is 3. The number of hydrogen-bond donors (Lipinski definition) is 2. The largest absolute Gasteiger partial charge is 0.493 e. The minimum Gasteiger partial charge on any atom is -0.493 e. The van der Waals surface area contributed by atoms with Crippen molar-refractivity contribution in [3.8, 4) is 11.5 Å². The summed E-state index contributed by atoms with van der Waals surface area (Å²) in [6.45, 7) is -0.253. The summed E-state index contributed by atoms with van der Waals surface area (Å²) in [5.74, 6) is -0.851. The third-order valence-corrected chi connectivity index (χ3v) is 4.57. The Morgan fingerprint density at radius 1 is 0.939 bits per heavy atom. The molecule has 8 nitrogen and oxygen atoms in total. The van der Waals surface area contributed by atoms with Crippen molar-refractivity contribution in [3.05, 3.63) is 94.5 Å². The second kappa shape index (κ2) is 11.4. The third kappa shape index (κ3) is 6.91. The Labute approximate surface area is 195 Å². The second-order valence-corrected chi connectivity index (χ2v) is 7.09. The molecule has 0 aliphatic rings. The molecule has 33 heavy (non-hydrogen) atoms. The van der Waals surface area contributed by atoms with Crippen molar-refractivity contribution in [2.45, 2.75) is 0 Å². The number of methoxy groups -OCH3 is 1. The van der Waals surface area contributed by atoms with E-state index in [0.717, 1.165) is 0 Å². The maximum atomic E-state index is 12.2. The van der Waals surface area contributed by atoms with Crippen molar-refractivity contribution >= 4 is 35.6 Å². The van der Waals surface area contributed by atoms with E-state index in [1.54, 1.807) is 72.8 Å². The fourth-order valence-electron chi connectivity index (χ4n) is 2.66. The van der Waals surface area contributed by atoms with E-state index < -0.39 is 17.8 Å². The van der Waals surface area contributed by atoms with Crippen LogP contribution < -0.4 is 20.2 Å². The van der Waals surface area contributed by atoms with Crippen LogP contribution in [0.2, 0.25) is 5.02 Å². The van der Waals surface area contributed by atoms with Crippen molar-refractivity contribution in [3.63, 3.8) is 0 Å². The minimum absolute atomic E-state index is 0.248. The molecule has 3 rings (SSSR count). The van der Waals surface area contributed by atoms with Crippen LogP contribution in [0.3, 0.4) is 0 Å². The van der Waals surface area contributed by atoms with E-state index in [4.69, 9.17) is 21.1 Å². The summed E-state index contributed by atoms with van der Waals surface area (Å²) >= 11 is 5.79. The summed E-state index contributed by atoms with van der Waals surface area (Å²) in [5, 5.41) is 6.86. The average Bonchev–Trinajstić information content (AvgIpc) is 2.84. The van der Waals surface area contributed by atoms with Crippen LogP contribution in [0.4, 0.5) is 0 Å². The van der Waals surface area contributed by atoms with E-state index in [1.165, 1.54) is 13.3 Å². The number of carbonyl (C=O) groups is 3. The first kappa shape index (κ1) is 23.5. The molecule has 0 fully saturated rings. The van der Waals surface area contributed by atoms with Crippen LogP contribution in [-0.4, -0.2) is 37.7 Å². The molecule has 0 saturated heterocycles. The summed E-state index contributed by atoms with van der Waals surface area (Å²) in [7, 11) is 1.45. The van der Waals surface area contributed by atoms with Crippen LogP contribution in [0.25, 0.3) is 0 Å². The SMILES string of the molecule is COc1cc(C=NNC(=O)CNC(=O)c2ccc(Cl)cc2)ccc1OC(=O)c1ccccc1. The predicted molar refractivity (Wildman–Crippen MR) is 124 cm³/mol. The van der Waals surface area contributed by atoms with Crippen LogP contribution in [-0.2, 0) is 4.79 Å². The lowest BCUT2D eigenvalue weighted by molar-refractivity contribution is -0.120. The van der Waals surface area contributed by atoms with Crippen molar-refractivity contribution < 1.29 is 23.9 Å². The number of halogens is 1. The molecule has 0 radical (unpaired) electrons. The summed E-state index contributed by atoms with van der Waals surface area (Å²) in [6, 6.07) is 19.7. The molecule has 0 bridgehead atoms. The Kier molecular flexibility index (Phi) is 8.15. The summed E-state index contributed by atoms with van der Waals surface area (Å²) in [5.41, 5.74) is 3.71. The Bertz CT molecular complexity index is 1160. The molecular formula is C24H20ClN3O5. The van der Waals surface area contributed by atoms with Gasteiger partial charge in [0.1, 0.15) is 0 Å². The molecule has 9 heteroatoms. The second-order valence-electron chi connectivity index (χ2n) is 6.65. The molecule has 2 amide bonds. The maximum Gasteiger partial charge on any atom is 0.343 e. The molecule has 0 aliphatic heterocycles. The van der Waals surface area contributed by atoms with Gasteiger partial charge in [-0.3, -0.25) is 9.59 Å². The first-order valence-electron chi connectivity index (χ1n) is 9.77. The number of ether oxygens (including phenoxy) is 2. The maximum absolute atomic E-state index is 12.2. The molecule has 0 spiro atoms. The van der Waals surface area contributed by atoms with E-state index >= 15 is 0 Å². The van der Waals surface area contributed by atoms with Gasteiger partial charge >= 0.3 is 5.97 Å². The zero-order valence-corrected chi connectivity index (χ0v) is 18.3. The first-order valence-corrected chi connectivity index (χ1v) is 10.1. The van der Waals surface area contributed by atoms with Gasteiger partial charge in [0.2, 0.25) is 0 Å². The number of benzene rings is 3. The normalized spacial score (nSPS) is 10.5. The van der Waals surface area contributed by atoms with E-state index in [1.807, 2.05) is 0 Å². The fourth-order valence-corrected chi connectivity index (χ4v) is 2.79. The highest BCUT2D eigenvalue weighted by Gasteiger charge is 2.12. The van der Waals surface area contributed by atoms with Crippen molar-refractivity contribution in [1.29, 1.82) is 0 Å². The van der Waals surface area contributed by atoms with E-state index in [2.05, 4.69) is 15.8 Å². The molecule has 0 aliphatic carbocycles. The van der Waals surface area contributed by atoms with Crippen molar-refractivity contribution in [2.24, 2.45) is 5.10 Å². The highest BCUT2D eigenvalue weighted by atomic mass is 35.5. The highest BCUT2D eigenvalue weighted by molar-refractivity contribution is 6.30. The lowest BCUT2D eigenvalue weighted by Crippen LogP contribution is -2.34. The lowest BCUT2D eigenvalue weighted by Gasteiger charge is -2.10. The molecule has 0 atom stereocenters. The summed E-state index contributed by atoms with van der Waals surface area (Å²) in [6.07, 6.45) is 1.39. The molecule has 0 saturated carbocycles. The van der Waals surface area contributed by atoms with E-state index in [-0.39, 0.29) is 12.3 Å². The molecular weight excluding hydrogens is 446 g/mol. The number of nitrogens with one attached hydrogen (secondary N) is 2. The Morgan fingerprint density at radius 2 is 1.67 bits per heavy atom. The minimum atomic E-state index is -0.511. The number of hydrazone groups is 1. The van der Waals surface area contributed by atoms with Crippen LogP contribution in [0.5, 0.6) is 11.5 Å². The number of esters is 1. The fraction of sp³-hybridized carbons (Fsp3) is 0.0833. The third-order valence-electron chi connectivity index (χ3n) is 4.32. The van der Waals surface area contributed by atoms with E-state index in [0.29, 0.717) is 27.5 Å². The van der Waals surface area contributed by atoms with Gasteiger partial charge in [-0.15, -0.1) is 0 Å². The summed E-state index contributed by atoms with van der Waals surface area (Å²) in [4.78, 5) is 36.2. The Morgan fingerprint density at radius 3 is 2.36 bits per heavy atom. The summed E-state index contributed by atoms with van der Waals surface area (Å²) < 4.78 is 10.7. The topological polar surface area (TPSA) is 106 Å². The van der Waals surface area contributed by atoms with Crippen molar-refractivity contribution in [2.75, 3.05) is 13.7 Å². The predicted octanol–water partition coefficient (Wildman–Crippen LogP) is 3.45. The average molecular weight is 466 g/mol. The number of nitrogens with zero attached hydrogens (tertiary/aromatic N) is 1. The van der Waals surface area contributed by atoms with Gasteiger partial charge in [-0.2, -0.15) is 5.10 Å². The molecule has 0 heterocycles. The standard InChI is InChI=1S/C24H20ClN3O5/c1-32-21-13-16(7-12-20(21)33-24(31)18-5-3-2-4-6-18)14-27-28-22(29)15-26-23(30)17-8-10-19(25)11-9-17/h2-14H,15H2,1H3,(H,26,30)(H,28,29). The lowest BCUT2D eigenvalue weighted by atomic mass is 10.2. The quantitative estimate of drug-likeness (QED) is 0.229. The molecule has 3 aromatic rings. The van der Waals surface area contributed by atoms with Gasteiger partial charge in [-0.05, 0) is 60.2 Å². The Balaban J connectivity index is 1.53. The monoisotopic (exact) mass is 465 g/mol. The molecule has 2 N–H and O–H groups in total. The number of amides is 2. The van der Waals surface area contributed by atoms with Crippen molar-refractivity contribution in [1.82, 2.24) is 10.7 Å². The van der Waals surface area contributed by atoms with Crippen LogP contribution >= 0.6 is 11.6 Å². The van der Waals surface area contributed by atoms with Gasteiger partial charge in [-0.25, -0.2) is 10.2 Å². The van der Waals surface area contributed by atoms with Gasteiger partial charge < -0.3 is 14.8 Å². The molecule has 168 valence electrons. The van der Waals surface area contributed by atoms with Gasteiger partial charge in [0.05, 0.1) is 25.4 Å². The Hall–Kier alpha value is -4.17. The van der Waals surface area contributed by atoms with E-state index in [9.17, 15) is 14.4 Å². The molecule has 0 aromatic heterocycles. The zero-order chi connectivity index (χ0) is 23.6. The zero-order valence-electron chi connectivity index (χ0n) is 17.6. The highest BCUT2D eigenvalue weighted by Crippen LogP contribution is 2.28. The van der Waals surface area contributed by atoms with Gasteiger partial charge in [0.25, 0.3) is 11.8 Å². The van der Waals surface area contributed by atoms with Crippen LogP contribution in [0.15, 0.2) is 77.9 Å².